The van der Waals surface area contributed by atoms with Gasteiger partial charge in [0.25, 0.3) is 0 Å². The summed E-state index contributed by atoms with van der Waals surface area (Å²) in [4.78, 5) is 0. The second-order valence-corrected chi connectivity index (χ2v) is 7.15. The molecule has 0 unspecified atom stereocenters. The van der Waals surface area contributed by atoms with Crippen LogP contribution < -0.4 is 14.8 Å². The number of anilines is 1. The molecule has 0 aliphatic heterocycles. The van der Waals surface area contributed by atoms with Gasteiger partial charge in [-0.15, -0.1) is 6.58 Å². The number of hydrogen-bond acceptors (Lipinski definition) is 3. The van der Waals surface area contributed by atoms with Crippen LogP contribution in [-0.2, 0) is 19.6 Å². The molecule has 0 spiro atoms. The molecule has 0 saturated carbocycles. The van der Waals surface area contributed by atoms with Gasteiger partial charge in [0.15, 0.2) is 11.5 Å². The Labute approximate surface area is 178 Å². The normalized spacial score (nSPS) is 10.5. The Balaban J connectivity index is 1.83. The molecule has 3 rings (SSSR count). The first kappa shape index (κ1) is 21.4. The van der Waals surface area contributed by atoms with Crippen LogP contribution in [0.2, 0.25) is 0 Å². The first-order chi connectivity index (χ1) is 14.6. The lowest BCUT2D eigenvalue weighted by Crippen LogP contribution is -2.06. The van der Waals surface area contributed by atoms with Gasteiger partial charge in [-0.3, -0.25) is 0 Å². The number of aryl methyl sites for hydroxylation is 1. The number of halogens is 1. The molecule has 3 aromatic rings. The summed E-state index contributed by atoms with van der Waals surface area (Å²) in [5.41, 5.74) is 5.31. The number of nitrogens with one attached hydrogen (secondary N) is 1. The molecule has 0 aliphatic rings. The molecule has 0 amide bonds. The fourth-order valence-electron chi connectivity index (χ4n) is 3.25. The van der Waals surface area contributed by atoms with Gasteiger partial charge in [-0.2, -0.15) is 0 Å². The zero-order valence-electron chi connectivity index (χ0n) is 17.6. The zero-order chi connectivity index (χ0) is 21.3. The zero-order valence-corrected chi connectivity index (χ0v) is 17.6. The van der Waals surface area contributed by atoms with Gasteiger partial charge >= 0.3 is 0 Å². The maximum atomic E-state index is 13.2. The number of allylic oxidation sites excluding steroid dienone is 1. The van der Waals surface area contributed by atoms with Crippen LogP contribution in [0.25, 0.3) is 0 Å². The summed E-state index contributed by atoms with van der Waals surface area (Å²) in [5.74, 6) is 1.16. The van der Waals surface area contributed by atoms with Crippen LogP contribution in [0.15, 0.2) is 73.3 Å². The Morgan fingerprint density at radius 2 is 1.80 bits per heavy atom. The van der Waals surface area contributed by atoms with Crippen molar-refractivity contribution in [3.63, 3.8) is 0 Å². The molecule has 4 heteroatoms. The van der Waals surface area contributed by atoms with Crippen molar-refractivity contribution in [1.82, 2.24) is 0 Å². The summed E-state index contributed by atoms with van der Waals surface area (Å²) in [6, 6.07) is 18.7. The highest BCUT2D eigenvalue weighted by Crippen LogP contribution is 2.35. The van der Waals surface area contributed by atoms with Crippen LogP contribution in [0.5, 0.6) is 11.5 Å². The van der Waals surface area contributed by atoms with Crippen molar-refractivity contribution in [2.24, 2.45) is 0 Å². The van der Waals surface area contributed by atoms with E-state index in [4.69, 9.17) is 9.47 Å². The molecule has 0 saturated heterocycles. The maximum absolute atomic E-state index is 13.2. The van der Waals surface area contributed by atoms with E-state index in [0.717, 1.165) is 22.4 Å². The first-order valence-electron chi connectivity index (χ1n) is 10.2. The van der Waals surface area contributed by atoms with Crippen LogP contribution in [0.1, 0.15) is 29.2 Å². The Kier molecular flexibility index (Phi) is 7.50. The summed E-state index contributed by atoms with van der Waals surface area (Å²) >= 11 is 0. The minimum absolute atomic E-state index is 0.258. The van der Waals surface area contributed by atoms with E-state index in [0.29, 0.717) is 37.7 Å². The third-order valence-electron chi connectivity index (χ3n) is 4.67. The predicted molar refractivity (Wildman–Crippen MR) is 121 cm³/mol. The lowest BCUT2D eigenvalue weighted by molar-refractivity contribution is 0.267. The largest absolute Gasteiger partial charge is 0.490 e. The topological polar surface area (TPSA) is 30.5 Å². The Bertz CT molecular complexity index is 983. The minimum Gasteiger partial charge on any atom is -0.490 e. The lowest BCUT2D eigenvalue weighted by atomic mass is 10.0. The number of hydrogen-bond donors (Lipinski definition) is 1. The van der Waals surface area contributed by atoms with Crippen molar-refractivity contribution in [2.45, 2.75) is 33.4 Å². The molecule has 0 aliphatic carbocycles. The standard InChI is InChI=1S/C26H28FNO2/c1-4-7-22-15-21(17-28-24-9-6-8-19(3)14-24)16-25(29-5-2)26(22)30-18-20-10-12-23(27)13-11-20/h4,6,8-16,28H,1,5,7,17-18H2,2-3H3. The number of ether oxygens (including phenoxy) is 2. The molecular formula is C26H28FNO2. The second kappa shape index (κ2) is 10.5. The van der Waals surface area contributed by atoms with E-state index in [9.17, 15) is 4.39 Å². The molecule has 0 fully saturated rings. The highest BCUT2D eigenvalue weighted by molar-refractivity contribution is 5.52. The maximum Gasteiger partial charge on any atom is 0.165 e. The smallest absolute Gasteiger partial charge is 0.165 e. The molecular weight excluding hydrogens is 377 g/mol. The highest BCUT2D eigenvalue weighted by Gasteiger charge is 2.14. The van der Waals surface area contributed by atoms with Crippen LogP contribution in [0, 0.1) is 12.7 Å². The van der Waals surface area contributed by atoms with E-state index >= 15 is 0 Å². The van der Waals surface area contributed by atoms with Crippen molar-refractivity contribution >= 4 is 5.69 Å². The van der Waals surface area contributed by atoms with Gasteiger partial charge in [0, 0.05) is 17.8 Å². The highest BCUT2D eigenvalue weighted by atomic mass is 19.1. The van der Waals surface area contributed by atoms with Crippen molar-refractivity contribution in [3.05, 3.63) is 101 Å². The summed E-state index contributed by atoms with van der Waals surface area (Å²) in [6.07, 6.45) is 2.52. The average Bonchev–Trinajstić information content (AvgIpc) is 2.73. The summed E-state index contributed by atoms with van der Waals surface area (Å²) in [6.45, 7) is 9.46. The molecule has 1 N–H and O–H groups in total. The van der Waals surface area contributed by atoms with E-state index in [1.54, 1.807) is 12.1 Å². The molecule has 30 heavy (non-hydrogen) atoms. The second-order valence-electron chi connectivity index (χ2n) is 7.15. The van der Waals surface area contributed by atoms with Crippen LogP contribution in [0.4, 0.5) is 10.1 Å². The van der Waals surface area contributed by atoms with E-state index in [2.05, 4.69) is 43.1 Å². The summed E-state index contributed by atoms with van der Waals surface area (Å²) in [5, 5.41) is 3.47. The van der Waals surface area contributed by atoms with Crippen molar-refractivity contribution in [1.29, 1.82) is 0 Å². The number of rotatable bonds is 10. The SMILES string of the molecule is C=CCc1cc(CNc2cccc(C)c2)cc(OCC)c1OCc1ccc(F)cc1. The fraction of sp³-hybridized carbons (Fsp3) is 0.231. The Hall–Kier alpha value is -3.27. The van der Waals surface area contributed by atoms with Gasteiger partial charge in [0.2, 0.25) is 0 Å². The van der Waals surface area contributed by atoms with Crippen molar-refractivity contribution in [3.8, 4) is 11.5 Å². The lowest BCUT2D eigenvalue weighted by Gasteiger charge is -2.18. The summed E-state index contributed by atoms with van der Waals surface area (Å²) in [7, 11) is 0. The average molecular weight is 406 g/mol. The van der Waals surface area contributed by atoms with Crippen LogP contribution >= 0.6 is 0 Å². The summed E-state index contributed by atoms with van der Waals surface area (Å²) < 4.78 is 25.2. The third kappa shape index (κ3) is 5.86. The van der Waals surface area contributed by atoms with E-state index < -0.39 is 0 Å². The Morgan fingerprint density at radius 3 is 2.50 bits per heavy atom. The van der Waals surface area contributed by atoms with Gasteiger partial charge < -0.3 is 14.8 Å². The molecule has 0 bridgehead atoms. The minimum atomic E-state index is -0.258. The van der Waals surface area contributed by atoms with E-state index in [1.807, 2.05) is 25.1 Å². The van der Waals surface area contributed by atoms with Gasteiger partial charge in [0.05, 0.1) is 6.61 Å². The molecule has 0 aromatic heterocycles. The number of benzene rings is 3. The van der Waals surface area contributed by atoms with E-state index in [-0.39, 0.29) is 5.82 Å². The van der Waals surface area contributed by atoms with Gasteiger partial charge in [-0.25, -0.2) is 4.39 Å². The molecule has 3 nitrogen and oxygen atoms in total. The fourth-order valence-corrected chi connectivity index (χ4v) is 3.25. The molecule has 0 radical (unpaired) electrons. The van der Waals surface area contributed by atoms with E-state index in [1.165, 1.54) is 17.7 Å². The molecule has 0 heterocycles. The van der Waals surface area contributed by atoms with Crippen LogP contribution in [0.3, 0.4) is 0 Å². The molecule has 3 aromatic carbocycles. The Morgan fingerprint density at radius 1 is 1.00 bits per heavy atom. The third-order valence-corrected chi connectivity index (χ3v) is 4.67. The van der Waals surface area contributed by atoms with Gasteiger partial charge in [-0.05, 0) is 73.4 Å². The first-order valence-corrected chi connectivity index (χ1v) is 10.2. The van der Waals surface area contributed by atoms with Crippen molar-refractivity contribution < 1.29 is 13.9 Å². The molecule has 156 valence electrons. The van der Waals surface area contributed by atoms with Gasteiger partial charge in [0.1, 0.15) is 12.4 Å². The van der Waals surface area contributed by atoms with Crippen LogP contribution in [-0.4, -0.2) is 6.61 Å². The molecule has 0 atom stereocenters. The quantitative estimate of drug-likeness (QED) is 0.393. The predicted octanol–water partition coefficient (Wildman–Crippen LogP) is 6.45. The monoisotopic (exact) mass is 405 g/mol. The van der Waals surface area contributed by atoms with Gasteiger partial charge in [-0.1, -0.05) is 30.3 Å². The van der Waals surface area contributed by atoms with Crippen molar-refractivity contribution in [2.75, 3.05) is 11.9 Å².